The van der Waals surface area contributed by atoms with Gasteiger partial charge in [0.15, 0.2) is 5.78 Å². The SMILES string of the molecule is C[C@H](N)C(=O)NCC(=O)N(C)c1ccccc1C(=O)c1ccccc1. The van der Waals surface area contributed by atoms with Crippen LogP contribution in [-0.4, -0.2) is 37.2 Å². The van der Waals surface area contributed by atoms with E-state index in [0.717, 1.165) is 0 Å². The molecule has 0 spiro atoms. The van der Waals surface area contributed by atoms with Gasteiger partial charge < -0.3 is 16.0 Å². The van der Waals surface area contributed by atoms with E-state index in [2.05, 4.69) is 5.32 Å². The molecule has 2 amide bonds. The van der Waals surface area contributed by atoms with Crippen LogP contribution >= 0.6 is 0 Å². The zero-order valence-corrected chi connectivity index (χ0v) is 14.2. The predicted octanol–water partition coefficient (Wildman–Crippen LogP) is 1.34. The van der Waals surface area contributed by atoms with Crippen LogP contribution in [-0.2, 0) is 9.59 Å². The van der Waals surface area contributed by atoms with Crippen LogP contribution in [0.15, 0.2) is 54.6 Å². The van der Waals surface area contributed by atoms with Crippen molar-refractivity contribution in [3.8, 4) is 0 Å². The predicted molar refractivity (Wildman–Crippen MR) is 96.4 cm³/mol. The number of carbonyl (C=O) groups is 3. The number of hydrogen-bond donors (Lipinski definition) is 2. The highest BCUT2D eigenvalue weighted by Gasteiger charge is 2.20. The standard InChI is InChI=1S/C19H21N3O3/c1-13(20)19(25)21-12-17(23)22(2)16-11-7-6-10-15(16)18(24)14-8-4-3-5-9-14/h3-11,13H,12,20H2,1-2H3,(H,21,25)/t13-/m0/s1. The molecule has 25 heavy (non-hydrogen) atoms. The van der Waals surface area contributed by atoms with E-state index in [1.54, 1.807) is 55.6 Å². The average molecular weight is 339 g/mol. The van der Waals surface area contributed by atoms with Gasteiger partial charge in [0.25, 0.3) is 0 Å². The number of carbonyl (C=O) groups excluding carboxylic acids is 3. The second kappa shape index (κ2) is 8.21. The molecule has 0 bridgehead atoms. The fourth-order valence-corrected chi connectivity index (χ4v) is 2.28. The van der Waals surface area contributed by atoms with E-state index < -0.39 is 11.9 Å². The normalized spacial score (nSPS) is 11.5. The van der Waals surface area contributed by atoms with Crippen LogP contribution in [0.25, 0.3) is 0 Å². The van der Waals surface area contributed by atoms with Crippen LogP contribution in [0.3, 0.4) is 0 Å². The lowest BCUT2D eigenvalue weighted by Crippen LogP contribution is -2.44. The number of benzene rings is 2. The van der Waals surface area contributed by atoms with Crippen molar-refractivity contribution in [2.45, 2.75) is 13.0 Å². The van der Waals surface area contributed by atoms with Gasteiger partial charge in [-0.05, 0) is 19.1 Å². The van der Waals surface area contributed by atoms with Gasteiger partial charge in [-0.15, -0.1) is 0 Å². The van der Waals surface area contributed by atoms with E-state index in [0.29, 0.717) is 16.8 Å². The molecule has 0 aliphatic heterocycles. The number of amides is 2. The molecule has 0 aromatic heterocycles. The van der Waals surface area contributed by atoms with Crippen LogP contribution < -0.4 is 16.0 Å². The largest absolute Gasteiger partial charge is 0.346 e. The second-order valence-electron chi connectivity index (χ2n) is 5.67. The minimum absolute atomic E-state index is 0.171. The smallest absolute Gasteiger partial charge is 0.246 e. The van der Waals surface area contributed by atoms with Crippen molar-refractivity contribution in [1.29, 1.82) is 0 Å². The minimum Gasteiger partial charge on any atom is -0.346 e. The number of rotatable bonds is 6. The number of anilines is 1. The number of likely N-dealkylation sites (N-methyl/N-ethyl adjacent to an activating group) is 1. The number of para-hydroxylation sites is 1. The van der Waals surface area contributed by atoms with E-state index in [9.17, 15) is 14.4 Å². The summed E-state index contributed by atoms with van der Waals surface area (Å²) in [7, 11) is 1.57. The maximum Gasteiger partial charge on any atom is 0.246 e. The summed E-state index contributed by atoms with van der Waals surface area (Å²) in [6, 6.07) is 15.0. The lowest BCUT2D eigenvalue weighted by atomic mass is 10.0. The van der Waals surface area contributed by atoms with Crippen LogP contribution in [0.1, 0.15) is 22.8 Å². The molecule has 0 aliphatic rings. The van der Waals surface area contributed by atoms with Gasteiger partial charge in [-0.3, -0.25) is 14.4 Å². The van der Waals surface area contributed by atoms with E-state index in [1.165, 1.54) is 11.8 Å². The van der Waals surface area contributed by atoms with Crippen molar-refractivity contribution in [1.82, 2.24) is 5.32 Å². The highest BCUT2D eigenvalue weighted by Crippen LogP contribution is 2.22. The molecule has 0 heterocycles. The number of nitrogens with zero attached hydrogens (tertiary/aromatic N) is 1. The highest BCUT2D eigenvalue weighted by molar-refractivity contribution is 6.14. The summed E-state index contributed by atoms with van der Waals surface area (Å²) in [5.74, 6) is -0.923. The Balaban J connectivity index is 2.20. The summed E-state index contributed by atoms with van der Waals surface area (Å²) in [6.07, 6.45) is 0. The van der Waals surface area contributed by atoms with Crippen molar-refractivity contribution in [3.05, 3.63) is 65.7 Å². The molecule has 2 aromatic rings. The molecule has 2 rings (SSSR count). The minimum atomic E-state index is -0.690. The first-order valence-electron chi connectivity index (χ1n) is 7.90. The van der Waals surface area contributed by atoms with Gasteiger partial charge in [-0.1, -0.05) is 42.5 Å². The van der Waals surface area contributed by atoms with Crippen molar-refractivity contribution >= 4 is 23.3 Å². The lowest BCUT2D eigenvalue weighted by molar-refractivity contribution is -0.125. The number of hydrogen-bond acceptors (Lipinski definition) is 4. The molecule has 0 radical (unpaired) electrons. The first kappa shape index (κ1) is 18.4. The third-order valence-electron chi connectivity index (χ3n) is 3.75. The molecule has 6 nitrogen and oxygen atoms in total. The number of nitrogens with two attached hydrogens (primary N) is 1. The number of ketones is 1. The fraction of sp³-hybridized carbons (Fsp3) is 0.211. The molecular formula is C19H21N3O3. The molecule has 0 saturated heterocycles. The Labute approximate surface area is 146 Å². The monoisotopic (exact) mass is 339 g/mol. The van der Waals surface area contributed by atoms with Gasteiger partial charge in [0, 0.05) is 18.2 Å². The average Bonchev–Trinajstić information content (AvgIpc) is 2.65. The van der Waals surface area contributed by atoms with E-state index in [4.69, 9.17) is 5.73 Å². The third-order valence-corrected chi connectivity index (χ3v) is 3.75. The van der Waals surface area contributed by atoms with Gasteiger partial charge in [0.1, 0.15) is 0 Å². The van der Waals surface area contributed by atoms with Gasteiger partial charge in [-0.25, -0.2) is 0 Å². The Morgan fingerprint density at radius 1 is 1.04 bits per heavy atom. The van der Waals surface area contributed by atoms with Gasteiger partial charge in [-0.2, -0.15) is 0 Å². The summed E-state index contributed by atoms with van der Waals surface area (Å²) < 4.78 is 0. The fourth-order valence-electron chi connectivity index (χ4n) is 2.28. The first-order chi connectivity index (χ1) is 11.9. The number of nitrogens with one attached hydrogen (secondary N) is 1. The third kappa shape index (κ3) is 4.51. The summed E-state index contributed by atoms with van der Waals surface area (Å²) in [5, 5.41) is 2.47. The summed E-state index contributed by atoms with van der Waals surface area (Å²) in [4.78, 5) is 37.9. The molecule has 0 saturated carbocycles. The Bertz CT molecular complexity index is 772. The summed E-state index contributed by atoms with van der Waals surface area (Å²) in [6.45, 7) is 1.35. The molecule has 130 valence electrons. The van der Waals surface area contributed by atoms with Crippen molar-refractivity contribution < 1.29 is 14.4 Å². The van der Waals surface area contributed by atoms with Crippen LogP contribution in [0, 0.1) is 0 Å². The Kier molecular flexibility index (Phi) is 6.03. The molecule has 0 fully saturated rings. The maximum absolute atomic E-state index is 12.7. The van der Waals surface area contributed by atoms with Gasteiger partial charge >= 0.3 is 0 Å². The highest BCUT2D eigenvalue weighted by atomic mass is 16.2. The molecule has 3 N–H and O–H groups in total. The van der Waals surface area contributed by atoms with E-state index in [-0.39, 0.29) is 18.2 Å². The van der Waals surface area contributed by atoms with Crippen LogP contribution in [0.2, 0.25) is 0 Å². The van der Waals surface area contributed by atoms with Crippen molar-refractivity contribution in [2.75, 3.05) is 18.5 Å². The lowest BCUT2D eigenvalue weighted by Gasteiger charge is -2.21. The Hall–Kier alpha value is -2.99. The van der Waals surface area contributed by atoms with Crippen LogP contribution in [0.5, 0.6) is 0 Å². The summed E-state index contributed by atoms with van der Waals surface area (Å²) >= 11 is 0. The van der Waals surface area contributed by atoms with Crippen molar-refractivity contribution in [2.24, 2.45) is 5.73 Å². The molecular weight excluding hydrogens is 318 g/mol. The van der Waals surface area contributed by atoms with Gasteiger partial charge in [0.2, 0.25) is 11.8 Å². The first-order valence-corrected chi connectivity index (χ1v) is 7.90. The molecule has 0 aliphatic carbocycles. The zero-order valence-electron chi connectivity index (χ0n) is 14.2. The maximum atomic E-state index is 12.7. The Morgan fingerprint density at radius 3 is 2.28 bits per heavy atom. The van der Waals surface area contributed by atoms with E-state index >= 15 is 0 Å². The quantitative estimate of drug-likeness (QED) is 0.777. The second-order valence-corrected chi connectivity index (χ2v) is 5.67. The molecule has 6 heteroatoms. The molecule has 0 unspecified atom stereocenters. The van der Waals surface area contributed by atoms with Crippen LogP contribution in [0.4, 0.5) is 5.69 Å². The zero-order chi connectivity index (χ0) is 18.4. The molecule has 1 atom stereocenters. The summed E-state index contributed by atoms with van der Waals surface area (Å²) in [5.41, 5.74) is 6.90. The Morgan fingerprint density at radius 2 is 1.64 bits per heavy atom. The van der Waals surface area contributed by atoms with E-state index in [1.807, 2.05) is 6.07 Å². The molecule has 2 aromatic carbocycles. The van der Waals surface area contributed by atoms with Gasteiger partial charge in [0.05, 0.1) is 18.3 Å². The van der Waals surface area contributed by atoms with Crippen molar-refractivity contribution in [3.63, 3.8) is 0 Å². The topological polar surface area (TPSA) is 92.5 Å².